The van der Waals surface area contributed by atoms with Gasteiger partial charge in [-0.3, -0.25) is 4.98 Å². The largest absolute Gasteiger partial charge is 0.492 e. The van der Waals surface area contributed by atoms with Crippen LogP contribution in [0.5, 0.6) is 5.75 Å². The lowest BCUT2D eigenvalue weighted by atomic mass is 9.96. The molecule has 0 saturated heterocycles. The van der Waals surface area contributed by atoms with Crippen LogP contribution in [0.2, 0.25) is 0 Å². The Bertz CT molecular complexity index is 361. The molecule has 18 heavy (non-hydrogen) atoms. The molecule has 1 aliphatic rings. The van der Waals surface area contributed by atoms with Gasteiger partial charge < -0.3 is 9.84 Å². The van der Waals surface area contributed by atoms with E-state index in [-0.39, 0.29) is 0 Å². The van der Waals surface area contributed by atoms with Gasteiger partial charge in [-0.25, -0.2) is 0 Å². The summed E-state index contributed by atoms with van der Waals surface area (Å²) in [4.78, 5) is 4.15. The van der Waals surface area contributed by atoms with Crippen molar-refractivity contribution in [1.82, 2.24) is 4.98 Å². The van der Waals surface area contributed by atoms with Crippen LogP contribution in [0, 0.1) is 5.92 Å². The molecule has 1 aliphatic carbocycles. The summed E-state index contributed by atoms with van der Waals surface area (Å²) >= 11 is 0. The highest BCUT2D eigenvalue weighted by Gasteiger charge is 2.20. The second kappa shape index (κ2) is 6.74. The number of hydrogen-bond acceptors (Lipinski definition) is 3. The molecule has 3 nitrogen and oxygen atoms in total. The molecule has 0 aliphatic heterocycles. The summed E-state index contributed by atoms with van der Waals surface area (Å²) in [6.07, 6.45) is 10.1. The number of pyridine rings is 1. The highest BCUT2D eigenvalue weighted by Crippen LogP contribution is 2.33. The fourth-order valence-electron chi connectivity index (χ4n) is 2.61. The summed E-state index contributed by atoms with van der Waals surface area (Å²) in [6, 6.07) is 1.92. The van der Waals surface area contributed by atoms with Crippen LogP contribution in [0.3, 0.4) is 0 Å². The number of aliphatic hydroxyl groups is 1. The van der Waals surface area contributed by atoms with Crippen LogP contribution < -0.4 is 4.74 Å². The highest BCUT2D eigenvalue weighted by molar-refractivity contribution is 5.25. The Morgan fingerprint density at radius 2 is 2.17 bits per heavy atom. The second-order valence-electron chi connectivity index (χ2n) is 5.20. The lowest BCUT2D eigenvalue weighted by Gasteiger charge is -2.16. The Morgan fingerprint density at radius 3 is 2.89 bits per heavy atom. The van der Waals surface area contributed by atoms with Gasteiger partial charge in [-0.1, -0.05) is 32.6 Å². The van der Waals surface area contributed by atoms with Crippen LogP contribution in [0.1, 0.15) is 57.1 Å². The fourth-order valence-corrected chi connectivity index (χ4v) is 2.61. The van der Waals surface area contributed by atoms with Gasteiger partial charge in [0.1, 0.15) is 5.75 Å². The van der Waals surface area contributed by atoms with Crippen molar-refractivity contribution < 1.29 is 9.84 Å². The number of hydrogen-bond donors (Lipinski definition) is 1. The molecule has 3 heteroatoms. The second-order valence-corrected chi connectivity index (χ2v) is 5.20. The van der Waals surface area contributed by atoms with E-state index in [9.17, 15) is 5.11 Å². The quantitative estimate of drug-likeness (QED) is 0.839. The van der Waals surface area contributed by atoms with Crippen molar-refractivity contribution in [3.8, 4) is 5.75 Å². The fraction of sp³-hybridized carbons (Fsp3) is 0.667. The maximum absolute atomic E-state index is 10.2. The van der Waals surface area contributed by atoms with Crippen LogP contribution in [-0.2, 0) is 0 Å². The normalized spacial score (nSPS) is 17.9. The molecule has 1 aromatic heterocycles. The van der Waals surface area contributed by atoms with Crippen molar-refractivity contribution >= 4 is 0 Å². The first-order valence-corrected chi connectivity index (χ1v) is 7.05. The van der Waals surface area contributed by atoms with Crippen molar-refractivity contribution in [2.75, 3.05) is 6.61 Å². The van der Waals surface area contributed by atoms with E-state index in [4.69, 9.17) is 4.74 Å². The predicted octanol–water partition coefficient (Wildman–Crippen LogP) is 3.48. The summed E-state index contributed by atoms with van der Waals surface area (Å²) in [5, 5.41) is 10.2. The molecule has 2 rings (SSSR count). The number of aliphatic hydroxyl groups excluding tert-OH is 1. The SMILES string of the molecule is CCCOc1cncc(C(O)CC2CCCC2)c1. The summed E-state index contributed by atoms with van der Waals surface area (Å²) in [6.45, 7) is 2.77. The third-order valence-electron chi connectivity index (χ3n) is 3.62. The molecule has 1 atom stereocenters. The van der Waals surface area contributed by atoms with E-state index in [1.165, 1.54) is 25.7 Å². The van der Waals surface area contributed by atoms with Crippen LogP contribution in [0.15, 0.2) is 18.5 Å². The van der Waals surface area contributed by atoms with E-state index in [2.05, 4.69) is 11.9 Å². The van der Waals surface area contributed by atoms with Crippen molar-refractivity contribution in [3.63, 3.8) is 0 Å². The van der Waals surface area contributed by atoms with Crippen LogP contribution in [0.25, 0.3) is 0 Å². The Morgan fingerprint density at radius 1 is 1.39 bits per heavy atom. The molecular weight excluding hydrogens is 226 g/mol. The first-order chi connectivity index (χ1) is 8.79. The van der Waals surface area contributed by atoms with E-state index in [0.29, 0.717) is 12.5 Å². The van der Waals surface area contributed by atoms with Gasteiger partial charge in [0, 0.05) is 11.8 Å². The molecule has 0 radical (unpaired) electrons. The molecule has 0 bridgehead atoms. The molecular formula is C15H23NO2. The average Bonchev–Trinajstić information content (AvgIpc) is 2.89. The topological polar surface area (TPSA) is 42.4 Å². The van der Waals surface area contributed by atoms with E-state index >= 15 is 0 Å². The van der Waals surface area contributed by atoms with E-state index in [1.807, 2.05) is 6.07 Å². The molecule has 100 valence electrons. The van der Waals surface area contributed by atoms with Crippen LogP contribution >= 0.6 is 0 Å². The zero-order chi connectivity index (χ0) is 12.8. The van der Waals surface area contributed by atoms with Gasteiger partial charge in [0.25, 0.3) is 0 Å². The maximum Gasteiger partial charge on any atom is 0.137 e. The lowest BCUT2D eigenvalue weighted by molar-refractivity contribution is 0.144. The van der Waals surface area contributed by atoms with Crippen molar-refractivity contribution in [2.45, 2.75) is 51.6 Å². The minimum absolute atomic E-state index is 0.397. The van der Waals surface area contributed by atoms with Gasteiger partial charge in [0.2, 0.25) is 0 Å². The standard InChI is InChI=1S/C15H23NO2/c1-2-7-18-14-9-13(10-16-11-14)15(17)8-12-5-3-4-6-12/h9-12,15,17H,2-8H2,1H3. The van der Waals surface area contributed by atoms with Gasteiger partial charge >= 0.3 is 0 Å². The third kappa shape index (κ3) is 3.70. The molecule has 1 aromatic rings. The van der Waals surface area contributed by atoms with Gasteiger partial charge in [0.05, 0.1) is 18.9 Å². The summed E-state index contributed by atoms with van der Waals surface area (Å²) < 4.78 is 5.54. The Labute approximate surface area is 109 Å². The molecule has 1 unspecified atom stereocenters. The highest BCUT2D eigenvalue weighted by atomic mass is 16.5. The number of aromatic nitrogens is 1. The zero-order valence-electron chi connectivity index (χ0n) is 11.1. The smallest absolute Gasteiger partial charge is 0.137 e. The van der Waals surface area contributed by atoms with Gasteiger partial charge in [-0.05, 0) is 24.8 Å². The Kier molecular flexibility index (Phi) is 5.00. The van der Waals surface area contributed by atoms with Gasteiger partial charge in [-0.2, -0.15) is 0 Å². The van der Waals surface area contributed by atoms with Crippen molar-refractivity contribution in [2.24, 2.45) is 5.92 Å². The lowest BCUT2D eigenvalue weighted by Crippen LogP contribution is -2.05. The Hall–Kier alpha value is -1.09. The van der Waals surface area contributed by atoms with Gasteiger partial charge in [0.15, 0.2) is 0 Å². The minimum Gasteiger partial charge on any atom is -0.492 e. The average molecular weight is 249 g/mol. The predicted molar refractivity (Wildman–Crippen MR) is 71.6 cm³/mol. The summed E-state index contributed by atoms with van der Waals surface area (Å²) in [5.74, 6) is 1.44. The van der Waals surface area contributed by atoms with Crippen LogP contribution in [-0.4, -0.2) is 16.7 Å². The first-order valence-electron chi connectivity index (χ1n) is 7.05. The van der Waals surface area contributed by atoms with Crippen LogP contribution in [0.4, 0.5) is 0 Å². The number of rotatable bonds is 6. The molecule has 1 heterocycles. The molecule has 0 spiro atoms. The molecule has 1 saturated carbocycles. The Balaban J connectivity index is 1.93. The number of ether oxygens (including phenoxy) is 1. The van der Waals surface area contributed by atoms with Crippen molar-refractivity contribution in [1.29, 1.82) is 0 Å². The van der Waals surface area contributed by atoms with E-state index in [0.717, 1.165) is 24.2 Å². The van der Waals surface area contributed by atoms with Crippen molar-refractivity contribution in [3.05, 3.63) is 24.0 Å². The third-order valence-corrected chi connectivity index (χ3v) is 3.62. The maximum atomic E-state index is 10.2. The number of nitrogens with zero attached hydrogens (tertiary/aromatic N) is 1. The summed E-state index contributed by atoms with van der Waals surface area (Å²) in [5.41, 5.74) is 0.885. The van der Waals surface area contributed by atoms with E-state index in [1.54, 1.807) is 12.4 Å². The molecule has 0 aromatic carbocycles. The molecule has 1 fully saturated rings. The van der Waals surface area contributed by atoms with E-state index < -0.39 is 6.10 Å². The molecule has 1 N–H and O–H groups in total. The summed E-state index contributed by atoms with van der Waals surface area (Å²) in [7, 11) is 0. The van der Waals surface area contributed by atoms with Gasteiger partial charge in [-0.15, -0.1) is 0 Å². The monoisotopic (exact) mass is 249 g/mol. The first kappa shape index (κ1) is 13.3. The molecule has 0 amide bonds. The zero-order valence-corrected chi connectivity index (χ0v) is 11.1. The minimum atomic E-state index is -0.397.